The van der Waals surface area contributed by atoms with E-state index in [1.807, 2.05) is 6.07 Å². The second-order valence-electron chi connectivity index (χ2n) is 4.26. The largest absolute Gasteiger partial charge is 0.384 e. The standard InChI is InChI=1S/C13H23N3O/c1-5-8-10-9-11(14)16-12(15-10)13(6-2,7-3)17-4/h9H,5-8H2,1-4H3,(H2,14,15,16). The highest BCUT2D eigenvalue weighted by atomic mass is 16.5. The molecule has 0 aliphatic carbocycles. The SMILES string of the molecule is CCCc1cc(N)nc(C(CC)(CC)OC)n1. The molecule has 0 saturated carbocycles. The van der Waals surface area contributed by atoms with Crippen LogP contribution in [0, 0.1) is 0 Å². The van der Waals surface area contributed by atoms with Gasteiger partial charge in [0.2, 0.25) is 0 Å². The number of ether oxygens (including phenoxy) is 1. The Morgan fingerprint density at radius 1 is 1.24 bits per heavy atom. The zero-order chi connectivity index (χ0) is 12.9. The van der Waals surface area contributed by atoms with Crippen molar-refractivity contribution in [2.45, 2.75) is 52.1 Å². The third-order valence-electron chi connectivity index (χ3n) is 3.25. The minimum absolute atomic E-state index is 0.405. The number of nitrogens with zero attached hydrogens (tertiary/aromatic N) is 2. The molecule has 1 heterocycles. The number of nitrogens with two attached hydrogens (primary N) is 1. The van der Waals surface area contributed by atoms with Crippen LogP contribution in [0.5, 0.6) is 0 Å². The smallest absolute Gasteiger partial charge is 0.162 e. The Balaban J connectivity index is 3.19. The molecule has 96 valence electrons. The number of nitrogen functional groups attached to an aromatic ring is 1. The maximum Gasteiger partial charge on any atom is 0.162 e. The fraction of sp³-hybridized carbons (Fsp3) is 0.692. The van der Waals surface area contributed by atoms with E-state index in [9.17, 15) is 0 Å². The van der Waals surface area contributed by atoms with Crippen LogP contribution in [-0.2, 0) is 16.8 Å². The van der Waals surface area contributed by atoms with Gasteiger partial charge in [0, 0.05) is 18.9 Å². The van der Waals surface area contributed by atoms with Crippen molar-refractivity contribution < 1.29 is 4.74 Å². The van der Waals surface area contributed by atoms with E-state index in [1.165, 1.54) is 0 Å². The molecule has 0 fully saturated rings. The van der Waals surface area contributed by atoms with Gasteiger partial charge < -0.3 is 10.5 Å². The molecular weight excluding hydrogens is 214 g/mol. The Hall–Kier alpha value is -1.16. The molecule has 1 aromatic rings. The summed E-state index contributed by atoms with van der Waals surface area (Å²) in [4.78, 5) is 8.93. The van der Waals surface area contributed by atoms with Crippen LogP contribution in [0.4, 0.5) is 5.82 Å². The van der Waals surface area contributed by atoms with E-state index in [0.717, 1.165) is 31.4 Å². The topological polar surface area (TPSA) is 61.0 Å². The van der Waals surface area contributed by atoms with Gasteiger partial charge in [0.05, 0.1) is 0 Å². The molecule has 0 bridgehead atoms. The second-order valence-corrected chi connectivity index (χ2v) is 4.26. The third-order valence-corrected chi connectivity index (χ3v) is 3.25. The minimum Gasteiger partial charge on any atom is -0.384 e. The number of rotatable bonds is 6. The summed E-state index contributed by atoms with van der Waals surface area (Å²) < 4.78 is 5.63. The van der Waals surface area contributed by atoms with Crippen LogP contribution in [0.15, 0.2) is 6.07 Å². The quantitative estimate of drug-likeness (QED) is 0.826. The molecule has 0 aliphatic heterocycles. The Labute approximate surface area is 104 Å². The van der Waals surface area contributed by atoms with Gasteiger partial charge in [-0.15, -0.1) is 0 Å². The van der Waals surface area contributed by atoms with Gasteiger partial charge >= 0.3 is 0 Å². The van der Waals surface area contributed by atoms with Crippen molar-refractivity contribution >= 4 is 5.82 Å². The van der Waals surface area contributed by atoms with E-state index in [-0.39, 0.29) is 0 Å². The molecule has 0 saturated heterocycles. The summed E-state index contributed by atoms with van der Waals surface area (Å²) in [7, 11) is 1.71. The van der Waals surface area contributed by atoms with Gasteiger partial charge in [-0.2, -0.15) is 0 Å². The number of methoxy groups -OCH3 is 1. The Bertz CT molecular complexity index is 353. The molecule has 17 heavy (non-hydrogen) atoms. The molecule has 0 aromatic carbocycles. The van der Waals surface area contributed by atoms with Gasteiger partial charge in [0.15, 0.2) is 5.82 Å². The highest BCUT2D eigenvalue weighted by molar-refractivity contribution is 5.31. The third kappa shape index (κ3) is 2.94. The Kier molecular flexibility index (Phi) is 4.87. The number of aryl methyl sites for hydroxylation is 1. The van der Waals surface area contributed by atoms with Crippen molar-refractivity contribution in [1.29, 1.82) is 0 Å². The zero-order valence-corrected chi connectivity index (χ0v) is 11.3. The van der Waals surface area contributed by atoms with Crippen LogP contribution in [0.3, 0.4) is 0 Å². The van der Waals surface area contributed by atoms with Crippen molar-refractivity contribution in [3.05, 3.63) is 17.6 Å². The Morgan fingerprint density at radius 3 is 2.35 bits per heavy atom. The van der Waals surface area contributed by atoms with Crippen LogP contribution in [0.2, 0.25) is 0 Å². The van der Waals surface area contributed by atoms with E-state index in [4.69, 9.17) is 10.5 Å². The molecule has 0 aliphatic rings. The number of aromatic nitrogens is 2. The molecule has 1 aromatic heterocycles. The van der Waals surface area contributed by atoms with Crippen molar-refractivity contribution in [3.63, 3.8) is 0 Å². The summed E-state index contributed by atoms with van der Waals surface area (Å²) >= 11 is 0. The second kappa shape index (κ2) is 5.96. The first-order valence-corrected chi connectivity index (χ1v) is 6.30. The summed E-state index contributed by atoms with van der Waals surface area (Å²) in [5, 5.41) is 0. The summed E-state index contributed by atoms with van der Waals surface area (Å²) in [6, 6.07) is 1.85. The molecule has 0 amide bonds. The molecule has 0 unspecified atom stereocenters. The lowest BCUT2D eigenvalue weighted by Gasteiger charge is -2.28. The van der Waals surface area contributed by atoms with Crippen LogP contribution in [-0.4, -0.2) is 17.1 Å². The maximum atomic E-state index is 5.84. The van der Waals surface area contributed by atoms with Crippen LogP contribution >= 0.6 is 0 Å². The molecule has 0 atom stereocenters. The minimum atomic E-state index is -0.405. The van der Waals surface area contributed by atoms with Crippen molar-refractivity contribution in [2.75, 3.05) is 12.8 Å². The lowest BCUT2D eigenvalue weighted by atomic mass is 9.95. The molecule has 1 rings (SSSR count). The van der Waals surface area contributed by atoms with Crippen molar-refractivity contribution in [1.82, 2.24) is 9.97 Å². The van der Waals surface area contributed by atoms with Gasteiger partial charge in [-0.25, -0.2) is 9.97 Å². The number of hydrogen-bond acceptors (Lipinski definition) is 4. The maximum absolute atomic E-state index is 5.84. The fourth-order valence-electron chi connectivity index (χ4n) is 2.05. The molecular formula is C13H23N3O. The van der Waals surface area contributed by atoms with Crippen molar-refractivity contribution in [3.8, 4) is 0 Å². The normalized spacial score (nSPS) is 11.8. The average Bonchev–Trinajstić information content (AvgIpc) is 2.32. The van der Waals surface area contributed by atoms with Gasteiger partial charge in [-0.05, 0) is 19.3 Å². The lowest BCUT2D eigenvalue weighted by Crippen LogP contribution is -2.30. The van der Waals surface area contributed by atoms with Crippen LogP contribution in [0.25, 0.3) is 0 Å². The van der Waals surface area contributed by atoms with Gasteiger partial charge in [0.25, 0.3) is 0 Å². The van der Waals surface area contributed by atoms with E-state index in [2.05, 4.69) is 30.7 Å². The fourth-order valence-corrected chi connectivity index (χ4v) is 2.05. The summed E-state index contributed by atoms with van der Waals surface area (Å²) in [6.45, 7) is 6.29. The first kappa shape index (κ1) is 13.9. The van der Waals surface area contributed by atoms with Crippen LogP contribution < -0.4 is 5.73 Å². The molecule has 4 heteroatoms. The summed E-state index contributed by atoms with van der Waals surface area (Å²) in [5.74, 6) is 1.25. The molecule has 0 radical (unpaired) electrons. The summed E-state index contributed by atoms with van der Waals surface area (Å²) in [6.07, 6.45) is 3.66. The average molecular weight is 237 g/mol. The monoisotopic (exact) mass is 237 g/mol. The van der Waals surface area contributed by atoms with E-state index in [1.54, 1.807) is 7.11 Å². The molecule has 4 nitrogen and oxygen atoms in total. The van der Waals surface area contributed by atoms with Gasteiger partial charge in [-0.1, -0.05) is 27.2 Å². The highest BCUT2D eigenvalue weighted by Gasteiger charge is 2.31. The van der Waals surface area contributed by atoms with E-state index < -0.39 is 5.60 Å². The first-order valence-electron chi connectivity index (χ1n) is 6.30. The van der Waals surface area contributed by atoms with Gasteiger partial charge in [0.1, 0.15) is 11.4 Å². The van der Waals surface area contributed by atoms with E-state index >= 15 is 0 Å². The zero-order valence-electron chi connectivity index (χ0n) is 11.3. The molecule has 0 spiro atoms. The predicted molar refractivity (Wildman–Crippen MR) is 69.7 cm³/mol. The van der Waals surface area contributed by atoms with Gasteiger partial charge in [-0.3, -0.25) is 0 Å². The Morgan fingerprint density at radius 2 is 1.88 bits per heavy atom. The first-order chi connectivity index (χ1) is 8.11. The highest BCUT2D eigenvalue weighted by Crippen LogP contribution is 2.30. The lowest BCUT2D eigenvalue weighted by molar-refractivity contribution is -0.0291. The molecule has 2 N–H and O–H groups in total. The van der Waals surface area contributed by atoms with Crippen molar-refractivity contribution in [2.24, 2.45) is 0 Å². The number of anilines is 1. The van der Waals surface area contributed by atoms with Crippen LogP contribution in [0.1, 0.15) is 51.6 Å². The number of hydrogen-bond donors (Lipinski definition) is 1. The predicted octanol–water partition coefficient (Wildman–Crippen LogP) is 2.67. The summed E-state index contributed by atoms with van der Waals surface area (Å²) in [5.41, 5.74) is 6.44. The van der Waals surface area contributed by atoms with E-state index in [0.29, 0.717) is 11.6 Å².